The molecule has 0 aromatic heterocycles. The van der Waals surface area contributed by atoms with E-state index in [2.05, 4.69) is 15.4 Å². The third-order valence-electron chi connectivity index (χ3n) is 3.86. The summed E-state index contributed by atoms with van der Waals surface area (Å²) in [6.45, 7) is 2.21. The second-order valence-corrected chi connectivity index (χ2v) is 5.46. The van der Waals surface area contributed by atoms with Gasteiger partial charge in [0.05, 0.1) is 11.8 Å². The number of amides is 1. The fraction of sp³-hybridized carbons (Fsp3) is 0.222. The smallest absolute Gasteiger partial charge is 0.274 e. The van der Waals surface area contributed by atoms with Crippen LogP contribution in [0.15, 0.2) is 53.6 Å². The number of nitrogens with one attached hydrogen (secondary N) is 1. The number of carbonyl (C=O) groups is 1. The molecule has 4 nitrogen and oxygen atoms in total. The Labute approximate surface area is 134 Å². The van der Waals surface area contributed by atoms with Crippen LogP contribution < -0.4 is 10.3 Å². The second-order valence-electron chi connectivity index (χ2n) is 5.46. The molecule has 1 heterocycles. The van der Waals surface area contributed by atoms with E-state index in [1.54, 1.807) is 12.3 Å². The number of carbonyl (C=O) groups excluding carboxylic acids is 1. The molecule has 0 aliphatic carbocycles. The molecule has 0 bridgehead atoms. The first-order chi connectivity index (χ1) is 11.2. The normalized spacial score (nSPS) is 14.4. The van der Waals surface area contributed by atoms with E-state index >= 15 is 0 Å². The largest absolute Gasteiger partial charge is 0.372 e. The van der Waals surface area contributed by atoms with Crippen LogP contribution in [0.5, 0.6) is 0 Å². The fourth-order valence-corrected chi connectivity index (χ4v) is 2.62. The van der Waals surface area contributed by atoms with Crippen molar-refractivity contribution in [2.24, 2.45) is 5.10 Å². The van der Waals surface area contributed by atoms with Crippen molar-refractivity contribution < 1.29 is 9.18 Å². The molecule has 1 saturated heterocycles. The van der Waals surface area contributed by atoms with Crippen molar-refractivity contribution in [1.29, 1.82) is 0 Å². The van der Waals surface area contributed by atoms with Crippen molar-refractivity contribution in [1.82, 2.24) is 5.43 Å². The number of hydrogen-bond donors (Lipinski definition) is 1. The van der Waals surface area contributed by atoms with Gasteiger partial charge in [-0.2, -0.15) is 5.10 Å². The van der Waals surface area contributed by atoms with E-state index in [0.29, 0.717) is 0 Å². The number of halogens is 1. The van der Waals surface area contributed by atoms with Crippen LogP contribution in [0, 0.1) is 5.82 Å². The molecule has 1 amide bonds. The summed E-state index contributed by atoms with van der Waals surface area (Å²) >= 11 is 0. The molecule has 1 aliphatic heterocycles. The summed E-state index contributed by atoms with van der Waals surface area (Å²) in [4.78, 5) is 14.2. The van der Waals surface area contributed by atoms with Crippen molar-refractivity contribution in [3.63, 3.8) is 0 Å². The number of nitrogens with zero attached hydrogens (tertiary/aromatic N) is 2. The molecule has 2 aromatic carbocycles. The van der Waals surface area contributed by atoms with Gasteiger partial charge < -0.3 is 4.90 Å². The lowest BCUT2D eigenvalue weighted by molar-refractivity contribution is 0.0951. The quantitative estimate of drug-likeness (QED) is 0.696. The van der Waals surface area contributed by atoms with E-state index in [1.165, 1.54) is 36.7 Å². The summed E-state index contributed by atoms with van der Waals surface area (Å²) in [6.07, 6.45) is 4.03. The van der Waals surface area contributed by atoms with Gasteiger partial charge in [-0.15, -0.1) is 0 Å². The monoisotopic (exact) mass is 311 g/mol. The molecule has 118 valence electrons. The predicted octanol–water partition coefficient (Wildman–Crippen LogP) is 3.19. The van der Waals surface area contributed by atoms with Crippen LogP contribution in [-0.4, -0.2) is 25.2 Å². The summed E-state index contributed by atoms with van der Waals surface area (Å²) in [5, 5.41) is 3.88. The number of hydrogen-bond acceptors (Lipinski definition) is 3. The summed E-state index contributed by atoms with van der Waals surface area (Å²) < 4.78 is 13.5. The lowest BCUT2D eigenvalue weighted by Crippen LogP contribution is -2.19. The third kappa shape index (κ3) is 3.74. The molecule has 0 spiro atoms. The van der Waals surface area contributed by atoms with E-state index in [-0.39, 0.29) is 5.56 Å². The molecule has 0 saturated carbocycles. The molecular formula is C18H18FN3O. The lowest BCUT2D eigenvalue weighted by atomic mass is 10.2. The third-order valence-corrected chi connectivity index (χ3v) is 3.86. The number of benzene rings is 2. The number of rotatable bonds is 4. The molecule has 0 radical (unpaired) electrons. The summed E-state index contributed by atoms with van der Waals surface area (Å²) in [5.74, 6) is -1.12. The summed E-state index contributed by atoms with van der Waals surface area (Å²) in [6, 6.07) is 13.8. The average molecular weight is 311 g/mol. The molecule has 23 heavy (non-hydrogen) atoms. The molecule has 3 rings (SSSR count). The van der Waals surface area contributed by atoms with Gasteiger partial charge in [-0.05, 0) is 42.7 Å². The first-order valence-electron chi connectivity index (χ1n) is 7.67. The van der Waals surface area contributed by atoms with E-state index in [9.17, 15) is 9.18 Å². The molecule has 1 N–H and O–H groups in total. The van der Waals surface area contributed by atoms with Crippen LogP contribution in [0.1, 0.15) is 28.8 Å². The standard InChI is InChI=1S/C18H18FN3O/c19-17-6-2-1-5-16(17)18(23)21-20-13-14-7-9-15(10-8-14)22-11-3-4-12-22/h1-2,5-10,13H,3-4,11-12H2,(H,21,23)/b20-13+. The van der Waals surface area contributed by atoms with Crippen LogP contribution in [0.2, 0.25) is 0 Å². The van der Waals surface area contributed by atoms with Gasteiger partial charge in [0.1, 0.15) is 5.82 Å². The van der Waals surface area contributed by atoms with Gasteiger partial charge in [-0.3, -0.25) is 4.79 Å². The minimum atomic E-state index is -0.562. The van der Waals surface area contributed by atoms with Crippen molar-refractivity contribution in [3.05, 3.63) is 65.5 Å². The Bertz CT molecular complexity index is 706. The minimum absolute atomic E-state index is 0.0194. The van der Waals surface area contributed by atoms with Gasteiger partial charge in [0, 0.05) is 18.8 Å². The maximum Gasteiger partial charge on any atom is 0.274 e. The van der Waals surface area contributed by atoms with E-state index in [0.717, 1.165) is 18.7 Å². The van der Waals surface area contributed by atoms with E-state index in [1.807, 2.05) is 24.3 Å². The Kier molecular flexibility index (Phi) is 4.66. The van der Waals surface area contributed by atoms with Gasteiger partial charge >= 0.3 is 0 Å². The SMILES string of the molecule is O=C(N/N=C/c1ccc(N2CCCC2)cc1)c1ccccc1F. The zero-order valence-corrected chi connectivity index (χ0v) is 12.7. The highest BCUT2D eigenvalue weighted by molar-refractivity contribution is 5.95. The van der Waals surface area contributed by atoms with Crippen LogP contribution >= 0.6 is 0 Å². The first-order valence-corrected chi connectivity index (χ1v) is 7.67. The molecule has 0 atom stereocenters. The Hall–Kier alpha value is -2.69. The lowest BCUT2D eigenvalue weighted by Gasteiger charge is -2.17. The van der Waals surface area contributed by atoms with Crippen molar-refractivity contribution in [3.8, 4) is 0 Å². The average Bonchev–Trinajstić information content (AvgIpc) is 3.10. The molecular weight excluding hydrogens is 293 g/mol. The van der Waals surface area contributed by atoms with Crippen molar-refractivity contribution >= 4 is 17.8 Å². The Balaban J connectivity index is 1.59. The van der Waals surface area contributed by atoms with Crippen LogP contribution in [0.3, 0.4) is 0 Å². The molecule has 0 unspecified atom stereocenters. The van der Waals surface area contributed by atoms with Crippen LogP contribution in [0.4, 0.5) is 10.1 Å². The maximum atomic E-state index is 13.5. The van der Waals surface area contributed by atoms with Gasteiger partial charge in [-0.25, -0.2) is 9.82 Å². The highest BCUT2D eigenvalue weighted by Crippen LogP contribution is 2.19. The second kappa shape index (κ2) is 7.05. The highest BCUT2D eigenvalue weighted by atomic mass is 19.1. The molecule has 2 aromatic rings. The summed E-state index contributed by atoms with van der Waals surface area (Å²) in [7, 11) is 0. The van der Waals surface area contributed by atoms with E-state index < -0.39 is 11.7 Å². The Morgan fingerprint density at radius 2 is 1.78 bits per heavy atom. The Morgan fingerprint density at radius 1 is 1.09 bits per heavy atom. The topological polar surface area (TPSA) is 44.7 Å². The number of hydrazone groups is 1. The maximum absolute atomic E-state index is 13.5. The zero-order valence-electron chi connectivity index (χ0n) is 12.7. The van der Waals surface area contributed by atoms with Crippen molar-refractivity contribution in [2.75, 3.05) is 18.0 Å². The summed E-state index contributed by atoms with van der Waals surface area (Å²) in [5.41, 5.74) is 4.40. The molecule has 1 fully saturated rings. The Morgan fingerprint density at radius 3 is 2.48 bits per heavy atom. The molecule has 5 heteroatoms. The van der Waals surface area contributed by atoms with Gasteiger partial charge in [-0.1, -0.05) is 24.3 Å². The van der Waals surface area contributed by atoms with Crippen LogP contribution in [0.25, 0.3) is 0 Å². The van der Waals surface area contributed by atoms with Crippen molar-refractivity contribution in [2.45, 2.75) is 12.8 Å². The predicted molar refractivity (Wildman–Crippen MR) is 89.3 cm³/mol. The fourth-order valence-electron chi connectivity index (χ4n) is 2.62. The zero-order chi connectivity index (χ0) is 16.1. The van der Waals surface area contributed by atoms with E-state index in [4.69, 9.17) is 0 Å². The number of anilines is 1. The highest BCUT2D eigenvalue weighted by Gasteiger charge is 2.11. The minimum Gasteiger partial charge on any atom is -0.372 e. The van der Waals surface area contributed by atoms with Crippen LogP contribution in [-0.2, 0) is 0 Å². The molecule has 1 aliphatic rings. The van der Waals surface area contributed by atoms with Gasteiger partial charge in [0.2, 0.25) is 0 Å². The first kappa shape index (κ1) is 15.2. The van der Waals surface area contributed by atoms with Gasteiger partial charge in [0.15, 0.2) is 0 Å². The van der Waals surface area contributed by atoms with Gasteiger partial charge in [0.25, 0.3) is 5.91 Å².